The third kappa shape index (κ3) is 7.03. The van der Waals surface area contributed by atoms with Crippen molar-refractivity contribution in [1.82, 2.24) is 0 Å². The molecule has 1 rings (SSSR count). The van der Waals surface area contributed by atoms with E-state index in [1.165, 1.54) is 9.21 Å². The Labute approximate surface area is 102 Å². The first-order chi connectivity index (χ1) is 6.78. The first kappa shape index (κ1) is 14.7. The van der Waals surface area contributed by atoms with Crippen LogP contribution in [0.5, 0.6) is 0 Å². The largest absolute Gasteiger partial charge is 0.388 e. The molecule has 0 aromatic carbocycles. The summed E-state index contributed by atoms with van der Waals surface area (Å²) in [6, 6.07) is 0. The first-order valence-corrected chi connectivity index (χ1v) is 7.86. The number of rotatable bonds is 3. The van der Waals surface area contributed by atoms with Gasteiger partial charge in [-0.25, -0.2) is 0 Å². The summed E-state index contributed by atoms with van der Waals surface area (Å²) in [7, 11) is 4.65. The Bertz CT molecular complexity index is 138. The molecule has 0 atom stereocenters. The average molecular weight is 332 g/mol. The van der Waals surface area contributed by atoms with Crippen LogP contribution in [0.25, 0.3) is 0 Å². The Balaban J connectivity index is 0.000000500. The van der Waals surface area contributed by atoms with E-state index in [1.54, 1.807) is 14.2 Å². The van der Waals surface area contributed by atoms with E-state index >= 15 is 0 Å². The average Bonchev–Trinajstić information content (AvgIpc) is 2.21. The second kappa shape index (κ2) is 10.2. The fraction of sp³-hybridized carbons (Fsp3) is 0.889. The van der Waals surface area contributed by atoms with Crippen LogP contribution in [0, 0.1) is 5.92 Å². The third-order valence-electron chi connectivity index (χ3n) is 2.08. The normalized spacial score (nSPS) is 26.2. The van der Waals surface area contributed by atoms with E-state index < -0.39 is 0 Å². The van der Waals surface area contributed by atoms with Crippen molar-refractivity contribution >= 4 is 36.7 Å². The fourth-order valence-electron chi connectivity index (χ4n) is 1.37. The number of carbonyl (C=O) groups is 1. The number of carbonyl (C=O) groups excluding carboxylic acids is 1. The van der Waals surface area contributed by atoms with Crippen LogP contribution in [0.3, 0.4) is 0 Å². The molecule has 0 unspecified atom stereocenters. The zero-order valence-electron chi connectivity index (χ0n) is 8.57. The molecular weight excluding hydrogens is 315 g/mol. The molecule has 0 aromatic rings. The number of hydrogen-bond acceptors (Lipinski definition) is 4. The molecule has 0 aliphatic heterocycles. The number of methoxy groups -OCH3 is 1. The van der Waals surface area contributed by atoms with E-state index in [2.05, 4.69) is 25.9 Å². The van der Waals surface area contributed by atoms with Crippen molar-refractivity contribution in [1.29, 1.82) is 0 Å². The van der Waals surface area contributed by atoms with E-state index in [0.717, 1.165) is 32.0 Å². The lowest BCUT2D eigenvalue weighted by Crippen LogP contribution is -2.19. The highest BCUT2D eigenvalue weighted by atomic mass is 127. The summed E-state index contributed by atoms with van der Waals surface area (Å²) in [5.41, 5.74) is 0. The van der Waals surface area contributed by atoms with Gasteiger partial charge >= 0.3 is 0 Å². The Morgan fingerprint density at radius 1 is 1.29 bits per heavy atom. The second-order valence-electron chi connectivity index (χ2n) is 3.24. The summed E-state index contributed by atoms with van der Waals surface area (Å²) >= 11 is 2.13. The number of aldehydes is 1. The number of halogens is 1. The molecule has 1 fully saturated rings. The predicted octanol–water partition coefficient (Wildman–Crippen LogP) is 3.02. The number of hydrogen-bond donors (Lipinski definition) is 0. The summed E-state index contributed by atoms with van der Waals surface area (Å²) in [6.07, 6.45) is 5.55. The molecule has 14 heavy (non-hydrogen) atoms. The maximum absolute atomic E-state index is 10.4. The van der Waals surface area contributed by atoms with Gasteiger partial charge in [-0.2, -0.15) is 0 Å². The molecule has 0 spiro atoms. The maximum atomic E-state index is 10.4. The van der Waals surface area contributed by atoms with Crippen molar-refractivity contribution in [3.8, 4) is 0 Å². The van der Waals surface area contributed by atoms with Gasteiger partial charge in [-0.15, -0.1) is 0 Å². The molecule has 0 radical (unpaired) electrons. The Kier molecular flexibility index (Phi) is 10.7. The van der Waals surface area contributed by atoms with E-state index in [0.29, 0.717) is 12.0 Å². The summed E-state index contributed by atoms with van der Waals surface area (Å²) < 4.78 is 9.61. The molecule has 0 N–H and O–H groups in total. The van der Waals surface area contributed by atoms with Crippen molar-refractivity contribution in [3.63, 3.8) is 0 Å². The van der Waals surface area contributed by atoms with Crippen LogP contribution < -0.4 is 0 Å². The topological polar surface area (TPSA) is 35.5 Å². The molecule has 0 heterocycles. The van der Waals surface area contributed by atoms with Crippen LogP contribution in [0.1, 0.15) is 25.7 Å². The molecule has 84 valence electrons. The molecule has 3 nitrogen and oxygen atoms in total. The van der Waals surface area contributed by atoms with Gasteiger partial charge in [0.2, 0.25) is 0 Å². The smallest absolute Gasteiger partial charge is 0.123 e. The lowest BCUT2D eigenvalue weighted by molar-refractivity contribution is -0.112. The molecule has 0 aromatic heterocycles. The Hall–Kier alpha value is 0.670. The van der Waals surface area contributed by atoms with Crippen LogP contribution in [0.15, 0.2) is 0 Å². The molecule has 1 aliphatic rings. The number of ether oxygens (including phenoxy) is 1. The van der Waals surface area contributed by atoms with E-state index in [9.17, 15) is 4.79 Å². The van der Waals surface area contributed by atoms with Crippen molar-refractivity contribution in [2.45, 2.75) is 31.8 Å². The molecule has 0 bridgehead atoms. The van der Waals surface area contributed by atoms with Crippen molar-refractivity contribution in [3.05, 3.63) is 0 Å². The van der Waals surface area contributed by atoms with E-state index in [1.807, 2.05) is 0 Å². The quantitative estimate of drug-likeness (QED) is 0.452. The van der Waals surface area contributed by atoms with Crippen LogP contribution in [-0.4, -0.2) is 26.6 Å². The lowest BCUT2D eigenvalue weighted by Gasteiger charge is -2.23. The predicted molar refractivity (Wildman–Crippen MR) is 67.4 cm³/mol. The summed E-state index contributed by atoms with van der Waals surface area (Å²) in [5, 5.41) is 0. The zero-order chi connectivity index (χ0) is 10.8. The SMILES string of the molecule is COC.O=CC1CCC(OSI)CC1. The van der Waals surface area contributed by atoms with Gasteiger partial charge in [0.05, 0.1) is 15.3 Å². The monoisotopic (exact) mass is 332 g/mol. The highest BCUT2D eigenvalue weighted by Crippen LogP contribution is 2.29. The molecular formula is C9H17IO3S. The second-order valence-corrected chi connectivity index (χ2v) is 4.64. The molecule has 5 heteroatoms. The van der Waals surface area contributed by atoms with Crippen molar-refractivity contribution in [2.24, 2.45) is 5.92 Å². The van der Waals surface area contributed by atoms with E-state index in [-0.39, 0.29) is 0 Å². The summed E-state index contributed by atoms with van der Waals surface area (Å²) in [4.78, 5) is 10.4. The minimum absolute atomic E-state index is 0.300. The van der Waals surface area contributed by atoms with Crippen LogP contribution >= 0.6 is 30.4 Å². The van der Waals surface area contributed by atoms with Gasteiger partial charge in [-0.05, 0) is 25.7 Å². The fourth-order valence-corrected chi connectivity index (χ4v) is 2.55. The molecule has 0 amide bonds. The Morgan fingerprint density at radius 3 is 2.14 bits per heavy atom. The van der Waals surface area contributed by atoms with Crippen LogP contribution in [0.2, 0.25) is 0 Å². The summed E-state index contributed by atoms with van der Waals surface area (Å²) in [6.45, 7) is 0. The molecule has 0 saturated heterocycles. The highest BCUT2D eigenvalue weighted by Gasteiger charge is 2.20. The molecule has 1 saturated carbocycles. The van der Waals surface area contributed by atoms with Gasteiger partial charge in [0.1, 0.15) is 6.29 Å². The first-order valence-electron chi connectivity index (χ1n) is 4.58. The van der Waals surface area contributed by atoms with Gasteiger partial charge in [-0.1, -0.05) is 0 Å². The van der Waals surface area contributed by atoms with Gasteiger partial charge in [0.25, 0.3) is 0 Å². The highest BCUT2D eigenvalue weighted by molar-refractivity contribution is 14.2. The van der Waals surface area contributed by atoms with Crippen LogP contribution in [-0.2, 0) is 13.7 Å². The van der Waals surface area contributed by atoms with Crippen LogP contribution in [0.4, 0.5) is 0 Å². The van der Waals surface area contributed by atoms with Gasteiger partial charge in [0.15, 0.2) is 0 Å². The van der Waals surface area contributed by atoms with Gasteiger partial charge in [0, 0.05) is 41.3 Å². The van der Waals surface area contributed by atoms with Crippen molar-refractivity contribution < 1.29 is 13.7 Å². The Morgan fingerprint density at radius 2 is 1.79 bits per heavy atom. The maximum Gasteiger partial charge on any atom is 0.123 e. The molecule has 1 aliphatic carbocycles. The third-order valence-corrected chi connectivity index (χ3v) is 3.05. The minimum atomic E-state index is 0.300. The minimum Gasteiger partial charge on any atom is -0.388 e. The zero-order valence-corrected chi connectivity index (χ0v) is 11.5. The van der Waals surface area contributed by atoms with Gasteiger partial charge in [-0.3, -0.25) is 0 Å². The van der Waals surface area contributed by atoms with Crippen molar-refractivity contribution in [2.75, 3.05) is 14.2 Å². The van der Waals surface area contributed by atoms with E-state index in [4.69, 9.17) is 4.18 Å². The van der Waals surface area contributed by atoms with Gasteiger partial charge < -0.3 is 13.7 Å². The summed E-state index contributed by atoms with van der Waals surface area (Å²) in [5.74, 6) is 0.300. The standard InChI is InChI=1S/C7H11IO2S.C2H6O/c8-11-10-7-3-1-6(5-9)2-4-7;1-3-2/h5-7H,1-4H2;1-2H3. The lowest BCUT2D eigenvalue weighted by atomic mass is 9.89.